The molecule has 0 fully saturated rings. The van der Waals surface area contributed by atoms with E-state index >= 15 is 0 Å². The summed E-state index contributed by atoms with van der Waals surface area (Å²) in [6, 6.07) is 8.75. The van der Waals surface area contributed by atoms with Gasteiger partial charge >= 0.3 is 0 Å². The molecule has 9 heteroatoms. The Bertz CT molecular complexity index is 1310. The van der Waals surface area contributed by atoms with Crippen molar-refractivity contribution in [3.63, 3.8) is 0 Å². The fourth-order valence-corrected chi connectivity index (χ4v) is 3.71. The number of furan rings is 1. The van der Waals surface area contributed by atoms with Crippen LogP contribution in [0, 0.1) is 5.92 Å². The molecule has 0 aliphatic heterocycles. The summed E-state index contributed by atoms with van der Waals surface area (Å²) in [5.74, 6) is 1.14. The van der Waals surface area contributed by atoms with Crippen LogP contribution in [0.25, 0.3) is 22.6 Å². The molecule has 33 heavy (non-hydrogen) atoms. The van der Waals surface area contributed by atoms with Crippen molar-refractivity contribution in [2.24, 2.45) is 20.0 Å². The highest BCUT2D eigenvalue weighted by Gasteiger charge is 2.25. The lowest BCUT2D eigenvalue weighted by Gasteiger charge is -2.09. The van der Waals surface area contributed by atoms with Crippen LogP contribution in [0.1, 0.15) is 34.8 Å². The molecular formula is C24H27N5O4. The van der Waals surface area contributed by atoms with Crippen LogP contribution >= 0.6 is 0 Å². The Morgan fingerprint density at radius 1 is 1.18 bits per heavy atom. The Balaban J connectivity index is 1.70. The van der Waals surface area contributed by atoms with E-state index in [4.69, 9.17) is 14.1 Å². The Hall–Kier alpha value is -4.01. The van der Waals surface area contributed by atoms with E-state index in [1.807, 2.05) is 49.2 Å². The first kappa shape index (κ1) is 22.2. The van der Waals surface area contributed by atoms with Crippen molar-refractivity contribution in [3.05, 3.63) is 54.1 Å². The van der Waals surface area contributed by atoms with Crippen LogP contribution in [-0.4, -0.2) is 39.6 Å². The number of rotatable bonds is 7. The molecule has 0 bridgehead atoms. The van der Waals surface area contributed by atoms with Crippen LogP contribution in [-0.2, 0) is 14.1 Å². The Labute approximate surface area is 191 Å². The second kappa shape index (κ2) is 8.85. The summed E-state index contributed by atoms with van der Waals surface area (Å²) in [4.78, 5) is 29.8. The van der Waals surface area contributed by atoms with Gasteiger partial charge in [-0.25, -0.2) is 4.98 Å². The molecule has 0 saturated heterocycles. The monoisotopic (exact) mass is 449 g/mol. The predicted octanol–water partition coefficient (Wildman–Crippen LogP) is 3.82. The minimum atomic E-state index is -0.336. The second-order valence-electron chi connectivity index (χ2n) is 8.27. The molecule has 0 unspecified atom stereocenters. The highest BCUT2D eigenvalue weighted by Crippen LogP contribution is 2.36. The SMILES string of the molecule is COc1c(C(=O)NCC(C)C)cn(C)c1-c1nc2cc(NC(=O)c3ccco3)ccc2n1C. The molecule has 0 radical (unpaired) electrons. The van der Waals surface area contributed by atoms with Gasteiger partial charge in [0.1, 0.15) is 5.69 Å². The van der Waals surface area contributed by atoms with E-state index in [0.29, 0.717) is 46.5 Å². The van der Waals surface area contributed by atoms with Crippen LogP contribution in [0.2, 0.25) is 0 Å². The molecule has 4 aromatic rings. The van der Waals surface area contributed by atoms with Crippen molar-refractivity contribution >= 4 is 28.5 Å². The summed E-state index contributed by atoms with van der Waals surface area (Å²) in [6.07, 6.45) is 3.20. The van der Waals surface area contributed by atoms with Crippen molar-refractivity contribution in [1.29, 1.82) is 0 Å². The number of aromatic nitrogens is 3. The number of aryl methyl sites for hydroxylation is 2. The standard InChI is InChI=1S/C24H27N5O4/c1-14(2)12-25-23(30)16-13-28(3)20(21(16)32-5)22-27-17-11-15(8-9-18(17)29(22)4)26-24(31)19-7-6-10-33-19/h6-11,13-14H,12H2,1-5H3,(H,25,30)(H,26,31). The highest BCUT2D eigenvalue weighted by atomic mass is 16.5. The Morgan fingerprint density at radius 3 is 2.64 bits per heavy atom. The lowest BCUT2D eigenvalue weighted by molar-refractivity contribution is 0.0945. The zero-order chi connectivity index (χ0) is 23.7. The van der Waals surface area contributed by atoms with Gasteiger partial charge in [0.05, 0.1) is 30.0 Å². The van der Waals surface area contributed by atoms with Gasteiger partial charge in [-0.3, -0.25) is 9.59 Å². The summed E-state index contributed by atoms with van der Waals surface area (Å²) in [5, 5.41) is 5.75. The largest absolute Gasteiger partial charge is 0.494 e. The number of benzene rings is 1. The fraction of sp³-hybridized carbons (Fsp3) is 0.292. The minimum Gasteiger partial charge on any atom is -0.494 e. The first-order chi connectivity index (χ1) is 15.8. The maximum Gasteiger partial charge on any atom is 0.291 e. The van der Waals surface area contributed by atoms with Gasteiger partial charge in [0.15, 0.2) is 17.3 Å². The summed E-state index contributed by atoms with van der Waals surface area (Å²) in [5.41, 5.74) is 3.30. The van der Waals surface area contributed by atoms with E-state index in [9.17, 15) is 9.59 Å². The summed E-state index contributed by atoms with van der Waals surface area (Å²) >= 11 is 0. The molecule has 172 valence electrons. The summed E-state index contributed by atoms with van der Waals surface area (Å²) in [7, 11) is 5.30. The normalized spacial score (nSPS) is 11.2. The van der Waals surface area contributed by atoms with E-state index in [1.165, 1.54) is 6.26 Å². The zero-order valence-corrected chi connectivity index (χ0v) is 19.3. The van der Waals surface area contributed by atoms with Crippen molar-refractivity contribution in [2.75, 3.05) is 19.0 Å². The fourth-order valence-electron chi connectivity index (χ4n) is 3.71. The van der Waals surface area contributed by atoms with Gasteiger partial charge in [-0.05, 0) is 36.2 Å². The molecule has 4 rings (SSSR count). The third kappa shape index (κ3) is 4.21. The van der Waals surface area contributed by atoms with Gasteiger partial charge in [-0.1, -0.05) is 13.8 Å². The number of nitrogens with one attached hydrogen (secondary N) is 2. The summed E-state index contributed by atoms with van der Waals surface area (Å²) < 4.78 is 14.6. The van der Waals surface area contributed by atoms with E-state index in [0.717, 1.165) is 5.52 Å². The van der Waals surface area contributed by atoms with E-state index in [-0.39, 0.29) is 17.6 Å². The second-order valence-corrected chi connectivity index (χ2v) is 8.27. The molecule has 0 aliphatic rings. The van der Waals surface area contributed by atoms with Crippen molar-refractivity contribution in [3.8, 4) is 17.3 Å². The lowest BCUT2D eigenvalue weighted by Crippen LogP contribution is -2.27. The lowest BCUT2D eigenvalue weighted by atomic mass is 10.2. The van der Waals surface area contributed by atoms with Crippen molar-refractivity contribution < 1.29 is 18.7 Å². The molecule has 1 aromatic carbocycles. The number of hydrogen-bond donors (Lipinski definition) is 2. The molecule has 0 atom stereocenters. The van der Waals surface area contributed by atoms with E-state index < -0.39 is 0 Å². The first-order valence-corrected chi connectivity index (χ1v) is 10.6. The average molecular weight is 450 g/mol. The Kier molecular flexibility index (Phi) is 5.95. The van der Waals surface area contributed by atoms with Crippen molar-refractivity contribution in [2.45, 2.75) is 13.8 Å². The zero-order valence-electron chi connectivity index (χ0n) is 19.3. The number of fused-ring (bicyclic) bond motifs is 1. The van der Waals surface area contributed by atoms with Gasteiger partial charge in [0.25, 0.3) is 11.8 Å². The number of imidazole rings is 1. The van der Waals surface area contributed by atoms with Crippen LogP contribution < -0.4 is 15.4 Å². The smallest absolute Gasteiger partial charge is 0.291 e. The number of amides is 2. The minimum absolute atomic E-state index is 0.191. The molecule has 0 saturated carbocycles. The predicted molar refractivity (Wildman–Crippen MR) is 126 cm³/mol. The topological polar surface area (TPSA) is 103 Å². The van der Waals surface area contributed by atoms with Crippen LogP contribution in [0.3, 0.4) is 0 Å². The van der Waals surface area contributed by atoms with E-state index in [1.54, 1.807) is 31.5 Å². The quantitative estimate of drug-likeness (QED) is 0.446. The number of nitrogens with zero attached hydrogens (tertiary/aromatic N) is 3. The molecule has 0 aliphatic carbocycles. The molecule has 2 amide bonds. The van der Waals surface area contributed by atoms with Crippen LogP contribution in [0.5, 0.6) is 5.75 Å². The van der Waals surface area contributed by atoms with Gasteiger partial charge in [0.2, 0.25) is 0 Å². The summed E-state index contributed by atoms with van der Waals surface area (Å²) in [6.45, 7) is 4.66. The van der Waals surface area contributed by atoms with Crippen molar-refractivity contribution in [1.82, 2.24) is 19.4 Å². The number of anilines is 1. The number of ether oxygens (including phenoxy) is 1. The molecular weight excluding hydrogens is 422 g/mol. The van der Waals surface area contributed by atoms with Gasteiger partial charge in [-0.2, -0.15) is 0 Å². The molecule has 3 aromatic heterocycles. The number of hydrogen-bond acceptors (Lipinski definition) is 5. The maximum absolute atomic E-state index is 12.7. The third-order valence-electron chi connectivity index (χ3n) is 5.35. The Morgan fingerprint density at radius 2 is 1.97 bits per heavy atom. The third-order valence-corrected chi connectivity index (χ3v) is 5.35. The van der Waals surface area contributed by atoms with Crippen LogP contribution in [0.4, 0.5) is 5.69 Å². The first-order valence-electron chi connectivity index (χ1n) is 10.6. The molecule has 3 heterocycles. The van der Waals surface area contributed by atoms with Crippen LogP contribution in [0.15, 0.2) is 47.2 Å². The number of carbonyl (C=O) groups is 2. The molecule has 2 N–H and O–H groups in total. The average Bonchev–Trinajstić information content (AvgIpc) is 3.50. The maximum atomic E-state index is 12.7. The highest BCUT2D eigenvalue weighted by molar-refractivity contribution is 6.03. The molecule has 9 nitrogen and oxygen atoms in total. The number of methoxy groups -OCH3 is 1. The van der Waals surface area contributed by atoms with Gasteiger partial charge in [0, 0.05) is 32.5 Å². The van der Waals surface area contributed by atoms with Gasteiger partial charge in [-0.15, -0.1) is 0 Å². The molecule has 0 spiro atoms. The van der Waals surface area contributed by atoms with E-state index in [2.05, 4.69) is 10.6 Å². The number of carbonyl (C=O) groups excluding carboxylic acids is 2. The van der Waals surface area contributed by atoms with Gasteiger partial charge < -0.3 is 28.9 Å².